The van der Waals surface area contributed by atoms with Crippen LogP contribution in [-0.2, 0) is 6.42 Å². The van der Waals surface area contributed by atoms with Crippen LogP contribution in [0.25, 0.3) is 11.1 Å². The normalized spacial score (nSPS) is 10.3. The van der Waals surface area contributed by atoms with Crippen molar-refractivity contribution < 1.29 is 9.13 Å². The standard InChI is InChI=1S/C15H15FO/c1-3-11-8-9-12(14(16)10-11)13-6-4-5-7-15(13)17-2/h4-10H,3H2,1-2H3. The smallest absolute Gasteiger partial charge is 0.131 e. The van der Waals surface area contributed by atoms with Crippen LogP contribution in [0.5, 0.6) is 5.75 Å². The molecule has 0 aliphatic rings. The largest absolute Gasteiger partial charge is 0.496 e. The lowest BCUT2D eigenvalue weighted by atomic mass is 10.0. The fourth-order valence-corrected chi connectivity index (χ4v) is 1.86. The van der Waals surface area contributed by atoms with Gasteiger partial charge in [0.2, 0.25) is 0 Å². The maximum Gasteiger partial charge on any atom is 0.131 e. The monoisotopic (exact) mass is 230 g/mol. The number of ether oxygens (including phenoxy) is 1. The molecule has 1 nitrogen and oxygen atoms in total. The molecule has 2 rings (SSSR count). The van der Waals surface area contributed by atoms with Gasteiger partial charge in [-0.25, -0.2) is 4.39 Å². The molecule has 0 aromatic heterocycles. The summed E-state index contributed by atoms with van der Waals surface area (Å²) in [6, 6.07) is 12.8. The first-order valence-electron chi connectivity index (χ1n) is 5.68. The summed E-state index contributed by atoms with van der Waals surface area (Å²) in [7, 11) is 1.59. The number of aryl methyl sites for hydroxylation is 1. The lowest BCUT2D eigenvalue weighted by Gasteiger charge is -2.10. The Balaban J connectivity index is 2.53. The van der Waals surface area contributed by atoms with Crippen LogP contribution in [0.3, 0.4) is 0 Å². The van der Waals surface area contributed by atoms with Crippen molar-refractivity contribution >= 4 is 0 Å². The third-order valence-corrected chi connectivity index (χ3v) is 2.84. The molecule has 0 saturated carbocycles. The van der Waals surface area contributed by atoms with Crippen LogP contribution in [0.4, 0.5) is 4.39 Å². The summed E-state index contributed by atoms with van der Waals surface area (Å²) in [5, 5.41) is 0. The van der Waals surface area contributed by atoms with E-state index in [1.807, 2.05) is 43.3 Å². The number of hydrogen-bond donors (Lipinski definition) is 0. The predicted octanol–water partition coefficient (Wildman–Crippen LogP) is 4.06. The van der Waals surface area contributed by atoms with Crippen molar-refractivity contribution in [2.75, 3.05) is 7.11 Å². The van der Waals surface area contributed by atoms with Crippen LogP contribution < -0.4 is 4.74 Å². The highest BCUT2D eigenvalue weighted by Crippen LogP contribution is 2.31. The number of para-hydroxylation sites is 1. The van der Waals surface area contributed by atoms with Gasteiger partial charge in [-0.05, 0) is 24.1 Å². The molecule has 0 amide bonds. The Bertz CT molecular complexity index is 520. The lowest BCUT2D eigenvalue weighted by Crippen LogP contribution is -1.91. The van der Waals surface area contributed by atoms with Crippen molar-refractivity contribution in [3.63, 3.8) is 0 Å². The molecule has 88 valence electrons. The Labute approximate surface area is 101 Å². The molecule has 2 aromatic rings. The quantitative estimate of drug-likeness (QED) is 0.772. The zero-order valence-electron chi connectivity index (χ0n) is 10.0. The Morgan fingerprint density at radius 2 is 1.82 bits per heavy atom. The number of methoxy groups -OCH3 is 1. The minimum absolute atomic E-state index is 0.200. The van der Waals surface area contributed by atoms with Crippen molar-refractivity contribution in [2.45, 2.75) is 13.3 Å². The van der Waals surface area contributed by atoms with Crippen molar-refractivity contribution in [3.05, 3.63) is 53.8 Å². The van der Waals surface area contributed by atoms with Gasteiger partial charge in [-0.1, -0.05) is 37.3 Å². The van der Waals surface area contributed by atoms with Gasteiger partial charge >= 0.3 is 0 Å². The molecular weight excluding hydrogens is 215 g/mol. The predicted molar refractivity (Wildman–Crippen MR) is 67.8 cm³/mol. The van der Waals surface area contributed by atoms with E-state index < -0.39 is 0 Å². The summed E-state index contributed by atoms with van der Waals surface area (Å²) in [5.74, 6) is 0.490. The Kier molecular flexibility index (Phi) is 3.43. The van der Waals surface area contributed by atoms with E-state index in [1.54, 1.807) is 13.2 Å². The van der Waals surface area contributed by atoms with Crippen LogP contribution in [0.2, 0.25) is 0 Å². The first kappa shape index (κ1) is 11.6. The third kappa shape index (κ3) is 2.31. The molecule has 0 fully saturated rings. The first-order chi connectivity index (χ1) is 8.26. The lowest BCUT2D eigenvalue weighted by molar-refractivity contribution is 0.416. The molecule has 2 heteroatoms. The van der Waals surface area contributed by atoms with Crippen LogP contribution >= 0.6 is 0 Å². The van der Waals surface area contributed by atoms with Gasteiger partial charge in [-0.15, -0.1) is 0 Å². The van der Waals surface area contributed by atoms with Gasteiger partial charge in [0.25, 0.3) is 0 Å². The summed E-state index contributed by atoms with van der Waals surface area (Å²) in [6.45, 7) is 2.01. The van der Waals surface area contributed by atoms with E-state index in [9.17, 15) is 4.39 Å². The molecule has 0 heterocycles. The highest BCUT2D eigenvalue weighted by atomic mass is 19.1. The Hall–Kier alpha value is -1.83. The van der Waals surface area contributed by atoms with E-state index in [4.69, 9.17) is 4.74 Å². The van der Waals surface area contributed by atoms with Crippen molar-refractivity contribution in [3.8, 4) is 16.9 Å². The van der Waals surface area contributed by atoms with Gasteiger partial charge in [0, 0.05) is 11.1 Å². The Morgan fingerprint density at radius 3 is 2.47 bits per heavy atom. The minimum Gasteiger partial charge on any atom is -0.496 e. The second kappa shape index (κ2) is 5.00. The number of halogens is 1. The highest BCUT2D eigenvalue weighted by molar-refractivity contribution is 5.71. The molecule has 0 aliphatic heterocycles. The maximum atomic E-state index is 14.0. The van der Waals surface area contributed by atoms with E-state index in [-0.39, 0.29) is 5.82 Å². The van der Waals surface area contributed by atoms with Crippen LogP contribution in [0, 0.1) is 5.82 Å². The minimum atomic E-state index is -0.200. The van der Waals surface area contributed by atoms with Gasteiger partial charge in [0.05, 0.1) is 7.11 Å². The average Bonchev–Trinajstić information content (AvgIpc) is 2.38. The molecule has 17 heavy (non-hydrogen) atoms. The summed E-state index contributed by atoms with van der Waals surface area (Å²) in [5.41, 5.74) is 2.37. The van der Waals surface area contributed by atoms with Gasteiger partial charge in [-0.2, -0.15) is 0 Å². The molecule has 0 bridgehead atoms. The fourth-order valence-electron chi connectivity index (χ4n) is 1.86. The van der Waals surface area contributed by atoms with Gasteiger partial charge in [0.15, 0.2) is 0 Å². The number of hydrogen-bond acceptors (Lipinski definition) is 1. The molecule has 0 atom stereocenters. The number of rotatable bonds is 3. The molecule has 0 saturated heterocycles. The van der Waals surface area contributed by atoms with Gasteiger partial charge in [-0.3, -0.25) is 0 Å². The van der Waals surface area contributed by atoms with Gasteiger partial charge < -0.3 is 4.74 Å². The SMILES string of the molecule is CCc1ccc(-c2ccccc2OC)c(F)c1. The van der Waals surface area contributed by atoms with Crippen molar-refractivity contribution in [1.82, 2.24) is 0 Å². The first-order valence-corrected chi connectivity index (χ1v) is 5.68. The third-order valence-electron chi connectivity index (χ3n) is 2.84. The topological polar surface area (TPSA) is 9.23 Å². The molecule has 2 aromatic carbocycles. The van der Waals surface area contributed by atoms with Crippen molar-refractivity contribution in [2.24, 2.45) is 0 Å². The van der Waals surface area contributed by atoms with E-state index in [0.717, 1.165) is 17.5 Å². The molecule has 0 aliphatic carbocycles. The van der Waals surface area contributed by atoms with E-state index in [0.29, 0.717) is 11.3 Å². The molecule has 0 spiro atoms. The fraction of sp³-hybridized carbons (Fsp3) is 0.200. The molecular formula is C15H15FO. The molecule has 0 radical (unpaired) electrons. The van der Waals surface area contributed by atoms with Crippen LogP contribution in [-0.4, -0.2) is 7.11 Å². The zero-order chi connectivity index (χ0) is 12.3. The van der Waals surface area contributed by atoms with E-state index in [1.165, 1.54) is 0 Å². The molecule has 0 N–H and O–H groups in total. The van der Waals surface area contributed by atoms with Crippen molar-refractivity contribution in [1.29, 1.82) is 0 Å². The van der Waals surface area contributed by atoms with Crippen LogP contribution in [0.15, 0.2) is 42.5 Å². The Morgan fingerprint density at radius 1 is 1.06 bits per heavy atom. The second-order valence-corrected chi connectivity index (χ2v) is 3.87. The second-order valence-electron chi connectivity index (χ2n) is 3.87. The van der Waals surface area contributed by atoms with Gasteiger partial charge in [0.1, 0.15) is 11.6 Å². The average molecular weight is 230 g/mol. The van der Waals surface area contributed by atoms with E-state index in [2.05, 4.69) is 0 Å². The highest BCUT2D eigenvalue weighted by Gasteiger charge is 2.09. The summed E-state index contributed by atoms with van der Waals surface area (Å²) in [4.78, 5) is 0. The summed E-state index contributed by atoms with van der Waals surface area (Å²) < 4.78 is 19.2. The maximum absolute atomic E-state index is 14.0. The van der Waals surface area contributed by atoms with Crippen LogP contribution in [0.1, 0.15) is 12.5 Å². The summed E-state index contributed by atoms with van der Waals surface area (Å²) in [6.07, 6.45) is 0.836. The van der Waals surface area contributed by atoms with E-state index >= 15 is 0 Å². The molecule has 0 unspecified atom stereocenters. The number of benzene rings is 2. The summed E-state index contributed by atoms with van der Waals surface area (Å²) >= 11 is 0. The zero-order valence-corrected chi connectivity index (χ0v) is 10.0.